The molecule has 4 rings (SSSR count). The molecular weight excluding hydrogens is 504 g/mol. The highest BCUT2D eigenvalue weighted by atomic mass is 16.6. The number of benzene rings is 4. The molecule has 0 bridgehead atoms. The van der Waals surface area contributed by atoms with Gasteiger partial charge in [-0.15, -0.1) is 6.58 Å². The van der Waals surface area contributed by atoms with E-state index in [-0.39, 0.29) is 30.6 Å². The van der Waals surface area contributed by atoms with E-state index in [1.165, 1.54) is 6.07 Å². The van der Waals surface area contributed by atoms with Gasteiger partial charge >= 0.3 is 5.69 Å². The summed E-state index contributed by atoms with van der Waals surface area (Å²) >= 11 is 0. The molecule has 0 aliphatic carbocycles. The number of nitrogens with zero attached hydrogens (tertiary/aromatic N) is 2. The van der Waals surface area contributed by atoms with E-state index in [1.807, 2.05) is 91.0 Å². The molecule has 4 aromatic rings. The van der Waals surface area contributed by atoms with Crippen molar-refractivity contribution < 1.29 is 19.5 Å². The molecule has 0 aromatic heterocycles. The minimum absolute atomic E-state index is 0.0910. The monoisotopic (exact) mass is 538 g/mol. The molecule has 2 unspecified atom stereocenters. The standard InChI is InChI=1S/C33H34N2O5/c1-3-29(20-25-14-17-30(39-2)18-15-25)34(22-26-10-6-4-7-11-26)23-32(36)28-16-19-33(31(21-28)35(37)38)40-24-27-12-8-5-9-13-27/h3-19,21,29,32,36H,1,20,22-24H2,2H3. The normalized spacial score (nSPS) is 12.5. The lowest BCUT2D eigenvalue weighted by atomic mass is 10.0. The van der Waals surface area contributed by atoms with Crippen molar-refractivity contribution in [1.29, 1.82) is 0 Å². The zero-order valence-corrected chi connectivity index (χ0v) is 22.6. The Morgan fingerprint density at radius 1 is 0.925 bits per heavy atom. The van der Waals surface area contributed by atoms with Crippen LogP contribution in [0.25, 0.3) is 0 Å². The van der Waals surface area contributed by atoms with Gasteiger partial charge in [-0.2, -0.15) is 0 Å². The van der Waals surface area contributed by atoms with Crippen LogP contribution in [-0.4, -0.2) is 34.6 Å². The Bertz CT molecular complexity index is 1380. The summed E-state index contributed by atoms with van der Waals surface area (Å²) in [5, 5.41) is 23.2. The van der Waals surface area contributed by atoms with Crippen molar-refractivity contribution in [1.82, 2.24) is 4.90 Å². The number of hydrogen-bond acceptors (Lipinski definition) is 6. The molecule has 0 saturated heterocycles. The molecule has 0 radical (unpaired) electrons. The largest absolute Gasteiger partial charge is 0.497 e. The molecule has 0 fully saturated rings. The average Bonchev–Trinajstić information content (AvgIpc) is 2.99. The predicted molar refractivity (Wildman–Crippen MR) is 156 cm³/mol. The lowest BCUT2D eigenvalue weighted by Gasteiger charge is -2.32. The van der Waals surface area contributed by atoms with Crippen LogP contribution in [0, 0.1) is 10.1 Å². The molecule has 0 aliphatic rings. The smallest absolute Gasteiger partial charge is 0.311 e. The third-order valence-corrected chi connectivity index (χ3v) is 6.78. The lowest BCUT2D eigenvalue weighted by Crippen LogP contribution is -2.38. The maximum atomic E-state index is 11.9. The van der Waals surface area contributed by atoms with E-state index in [2.05, 4.69) is 11.5 Å². The van der Waals surface area contributed by atoms with Crippen molar-refractivity contribution in [3.05, 3.63) is 148 Å². The molecule has 0 amide bonds. The Hall–Kier alpha value is -4.46. The van der Waals surface area contributed by atoms with Crippen molar-refractivity contribution in [2.24, 2.45) is 0 Å². The van der Waals surface area contributed by atoms with Gasteiger partial charge in [0.15, 0.2) is 5.75 Å². The number of aliphatic hydroxyl groups is 1. The summed E-state index contributed by atoms with van der Waals surface area (Å²) in [7, 11) is 1.64. The van der Waals surface area contributed by atoms with Gasteiger partial charge in [0.25, 0.3) is 0 Å². The van der Waals surface area contributed by atoms with E-state index in [0.29, 0.717) is 18.5 Å². The molecule has 4 aromatic carbocycles. The molecular formula is C33H34N2O5. The summed E-state index contributed by atoms with van der Waals surface area (Å²) in [5.74, 6) is 0.947. The third-order valence-electron chi connectivity index (χ3n) is 6.78. The second-order valence-electron chi connectivity index (χ2n) is 9.54. The van der Waals surface area contributed by atoms with Crippen molar-refractivity contribution in [2.75, 3.05) is 13.7 Å². The number of methoxy groups -OCH3 is 1. The van der Waals surface area contributed by atoms with Gasteiger partial charge in [0.05, 0.1) is 18.1 Å². The van der Waals surface area contributed by atoms with E-state index in [9.17, 15) is 15.2 Å². The minimum Gasteiger partial charge on any atom is -0.497 e. The fraction of sp³-hybridized carbons (Fsp3) is 0.212. The van der Waals surface area contributed by atoms with Gasteiger partial charge in [0, 0.05) is 25.2 Å². The minimum atomic E-state index is -0.969. The van der Waals surface area contributed by atoms with Crippen LogP contribution in [0.15, 0.2) is 116 Å². The molecule has 1 N–H and O–H groups in total. The fourth-order valence-electron chi connectivity index (χ4n) is 4.57. The molecule has 40 heavy (non-hydrogen) atoms. The quantitative estimate of drug-likeness (QED) is 0.112. The van der Waals surface area contributed by atoms with E-state index >= 15 is 0 Å². The van der Waals surface area contributed by atoms with Crippen molar-refractivity contribution in [3.63, 3.8) is 0 Å². The topological polar surface area (TPSA) is 85.1 Å². The summed E-state index contributed by atoms with van der Waals surface area (Å²) in [4.78, 5) is 13.6. The Morgan fingerprint density at radius 2 is 1.57 bits per heavy atom. The Kier molecular flexibility index (Phi) is 10.0. The van der Waals surface area contributed by atoms with Gasteiger partial charge in [-0.05, 0) is 46.9 Å². The zero-order chi connectivity index (χ0) is 28.3. The molecule has 0 spiro atoms. The van der Waals surface area contributed by atoms with Gasteiger partial charge in [-0.25, -0.2) is 0 Å². The highest BCUT2D eigenvalue weighted by Gasteiger charge is 2.24. The number of hydrogen-bond donors (Lipinski definition) is 1. The number of rotatable bonds is 14. The maximum absolute atomic E-state index is 11.9. The van der Waals surface area contributed by atoms with Gasteiger partial charge in [-0.1, -0.05) is 84.9 Å². The lowest BCUT2D eigenvalue weighted by molar-refractivity contribution is -0.386. The second kappa shape index (κ2) is 14.1. The third kappa shape index (κ3) is 7.79. The SMILES string of the molecule is C=CC(Cc1ccc(OC)cc1)N(Cc1ccccc1)CC(O)c1ccc(OCc2ccccc2)c([N+](=O)[O-])c1. The Balaban J connectivity index is 1.54. The highest BCUT2D eigenvalue weighted by Crippen LogP contribution is 2.32. The summed E-state index contributed by atoms with van der Waals surface area (Å²) in [6.07, 6.45) is 1.59. The average molecular weight is 539 g/mol. The molecule has 2 atom stereocenters. The van der Waals surface area contributed by atoms with Crippen LogP contribution in [0.4, 0.5) is 5.69 Å². The summed E-state index contributed by atoms with van der Waals surface area (Å²) < 4.78 is 11.0. The number of ether oxygens (including phenoxy) is 2. The number of aliphatic hydroxyl groups excluding tert-OH is 1. The van der Waals surface area contributed by atoms with E-state index < -0.39 is 11.0 Å². The first kappa shape index (κ1) is 28.5. The molecule has 0 heterocycles. The maximum Gasteiger partial charge on any atom is 0.311 e. The van der Waals surface area contributed by atoms with Gasteiger partial charge < -0.3 is 14.6 Å². The van der Waals surface area contributed by atoms with Crippen molar-refractivity contribution in [3.8, 4) is 11.5 Å². The summed E-state index contributed by atoms with van der Waals surface area (Å²) in [6.45, 7) is 5.11. The van der Waals surface area contributed by atoms with Gasteiger partial charge in [0.1, 0.15) is 12.4 Å². The van der Waals surface area contributed by atoms with Gasteiger partial charge in [0.2, 0.25) is 0 Å². The van der Waals surface area contributed by atoms with Crippen LogP contribution in [0.3, 0.4) is 0 Å². The molecule has 0 aliphatic heterocycles. The first-order chi connectivity index (χ1) is 19.5. The van der Waals surface area contributed by atoms with E-state index in [1.54, 1.807) is 19.2 Å². The van der Waals surface area contributed by atoms with Crippen LogP contribution >= 0.6 is 0 Å². The first-order valence-corrected chi connectivity index (χ1v) is 13.1. The van der Waals surface area contributed by atoms with Crippen LogP contribution in [0.2, 0.25) is 0 Å². The molecule has 0 saturated carbocycles. The van der Waals surface area contributed by atoms with Crippen LogP contribution in [0.1, 0.15) is 28.4 Å². The van der Waals surface area contributed by atoms with E-state index in [0.717, 1.165) is 22.4 Å². The Labute approximate surface area is 235 Å². The number of nitro benzene ring substituents is 1. The van der Waals surface area contributed by atoms with Crippen molar-refractivity contribution in [2.45, 2.75) is 31.7 Å². The number of nitro groups is 1. The summed E-state index contributed by atoms with van der Waals surface area (Å²) in [6, 6.07) is 31.9. The molecule has 206 valence electrons. The Morgan fingerprint density at radius 3 is 2.17 bits per heavy atom. The molecule has 7 nitrogen and oxygen atoms in total. The first-order valence-electron chi connectivity index (χ1n) is 13.1. The van der Waals surface area contributed by atoms with Gasteiger partial charge in [-0.3, -0.25) is 15.0 Å². The van der Waals surface area contributed by atoms with Crippen LogP contribution < -0.4 is 9.47 Å². The van der Waals surface area contributed by atoms with Crippen LogP contribution in [0.5, 0.6) is 11.5 Å². The highest BCUT2D eigenvalue weighted by molar-refractivity contribution is 5.49. The molecule has 7 heteroatoms. The predicted octanol–water partition coefficient (Wildman–Crippen LogP) is 6.52. The van der Waals surface area contributed by atoms with Crippen molar-refractivity contribution >= 4 is 5.69 Å². The zero-order valence-electron chi connectivity index (χ0n) is 22.6. The fourth-order valence-corrected chi connectivity index (χ4v) is 4.57. The van der Waals surface area contributed by atoms with E-state index in [4.69, 9.17) is 9.47 Å². The second-order valence-corrected chi connectivity index (χ2v) is 9.54. The van der Waals surface area contributed by atoms with Crippen LogP contribution in [-0.2, 0) is 19.6 Å². The summed E-state index contributed by atoms with van der Waals surface area (Å²) in [5.41, 5.74) is 3.37.